The molecule has 2 aliphatic rings. The lowest BCUT2D eigenvalue weighted by Gasteiger charge is -2.28. The Hall–Kier alpha value is -1.40. The van der Waals surface area contributed by atoms with Crippen molar-refractivity contribution in [2.45, 2.75) is 51.6 Å². The average Bonchev–Trinajstić information content (AvgIpc) is 3.21. The molecular formula is C17H27N3O3. The molecule has 6 heteroatoms. The Morgan fingerprint density at radius 2 is 2.04 bits per heavy atom. The molecule has 2 fully saturated rings. The molecule has 1 atom stereocenters. The van der Waals surface area contributed by atoms with Crippen LogP contribution in [-0.2, 0) is 11.2 Å². The van der Waals surface area contributed by atoms with Crippen LogP contribution in [0.25, 0.3) is 0 Å². The zero-order valence-electron chi connectivity index (χ0n) is 14.2. The molecule has 1 N–H and O–H groups in total. The maximum atomic E-state index is 12.4. The summed E-state index contributed by atoms with van der Waals surface area (Å²) in [4.78, 5) is 16.6. The van der Waals surface area contributed by atoms with Crippen molar-refractivity contribution in [3.8, 4) is 0 Å². The summed E-state index contributed by atoms with van der Waals surface area (Å²) in [5.41, 5.74) is 1.16. The Bertz CT molecular complexity index is 546. The van der Waals surface area contributed by atoms with E-state index in [1.807, 2.05) is 18.7 Å². The summed E-state index contributed by atoms with van der Waals surface area (Å²) >= 11 is 0. The van der Waals surface area contributed by atoms with Crippen LogP contribution in [0.3, 0.4) is 0 Å². The first-order valence-corrected chi connectivity index (χ1v) is 8.61. The van der Waals surface area contributed by atoms with Crippen molar-refractivity contribution < 1.29 is 14.4 Å². The van der Waals surface area contributed by atoms with Crippen molar-refractivity contribution in [1.82, 2.24) is 15.0 Å². The molecule has 0 spiro atoms. The summed E-state index contributed by atoms with van der Waals surface area (Å²) in [6.45, 7) is 7.74. The van der Waals surface area contributed by atoms with Crippen LogP contribution >= 0.6 is 0 Å². The molecule has 128 valence electrons. The Labute approximate surface area is 137 Å². The molecule has 0 aromatic carbocycles. The van der Waals surface area contributed by atoms with E-state index in [2.05, 4.69) is 10.1 Å². The first kappa shape index (κ1) is 16.5. The Balaban J connectivity index is 1.51. The summed E-state index contributed by atoms with van der Waals surface area (Å²) in [5, 5.41) is 14.7. The predicted octanol–water partition coefficient (Wildman–Crippen LogP) is 1.28. The highest BCUT2D eigenvalue weighted by Crippen LogP contribution is 2.25. The van der Waals surface area contributed by atoms with Crippen LogP contribution in [0.5, 0.6) is 0 Å². The fraction of sp³-hybridized carbons (Fsp3) is 0.765. The molecular weight excluding hydrogens is 294 g/mol. The molecule has 1 aromatic heterocycles. The minimum absolute atomic E-state index is 0.113. The summed E-state index contributed by atoms with van der Waals surface area (Å²) in [7, 11) is 0. The largest absolute Gasteiger partial charge is 0.387 e. The van der Waals surface area contributed by atoms with Crippen LogP contribution in [0.4, 0.5) is 0 Å². The quantitative estimate of drug-likeness (QED) is 0.885. The molecule has 3 rings (SSSR count). The Morgan fingerprint density at radius 1 is 1.30 bits per heavy atom. The van der Waals surface area contributed by atoms with Crippen LogP contribution in [0, 0.1) is 13.8 Å². The summed E-state index contributed by atoms with van der Waals surface area (Å²) in [6, 6.07) is 0. The summed E-state index contributed by atoms with van der Waals surface area (Å²) in [5.74, 6) is 0.907. The van der Waals surface area contributed by atoms with Crippen molar-refractivity contribution in [3.05, 3.63) is 17.0 Å². The smallest absolute Gasteiger partial charge is 0.223 e. The molecule has 1 amide bonds. The van der Waals surface area contributed by atoms with E-state index in [1.54, 1.807) is 0 Å². The second-order valence-corrected chi connectivity index (χ2v) is 7.08. The van der Waals surface area contributed by atoms with Gasteiger partial charge in [0.1, 0.15) is 5.76 Å². The van der Waals surface area contributed by atoms with E-state index in [4.69, 9.17) is 4.52 Å². The topological polar surface area (TPSA) is 69.8 Å². The SMILES string of the molecule is Cc1noc(C)c1CCC(=O)N1CC[C@](O)(CN2CCCC2)C1. The molecule has 0 unspecified atom stereocenters. The van der Waals surface area contributed by atoms with E-state index in [-0.39, 0.29) is 5.91 Å². The lowest BCUT2D eigenvalue weighted by atomic mass is 10.0. The van der Waals surface area contributed by atoms with Gasteiger partial charge in [-0.15, -0.1) is 0 Å². The van der Waals surface area contributed by atoms with Gasteiger partial charge in [0.2, 0.25) is 5.91 Å². The molecule has 0 aliphatic carbocycles. The molecule has 23 heavy (non-hydrogen) atoms. The number of β-amino-alcohol motifs (C(OH)–C–C–N with tert-alkyl or cyclic N) is 1. The third kappa shape index (κ3) is 3.75. The average molecular weight is 321 g/mol. The molecule has 3 heterocycles. The number of aromatic nitrogens is 1. The first-order valence-electron chi connectivity index (χ1n) is 8.61. The molecule has 0 radical (unpaired) electrons. The van der Waals surface area contributed by atoms with Crippen molar-refractivity contribution in [1.29, 1.82) is 0 Å². The van der Waals surface area contributed by atoms with Crippen molar-refractivity contribution in [2.24, 2.45) is 0 Å². The van der Waals surface area contributed by atoms with E-state index in [0.717, 1.165) is 30.1 Å². The highest BCUT2D eigenvalue weighted by molar-refractivity contribution is 5.77. The van der Waals surface area contributed by atoms with E-state index in [9.17, 15) is 9.90 Å². The Kier molecular flexibility index (Phi) is 4.73. The van der Waals surface area contributed by atoms with E-state index in [1.165, 1.54) is 12.8 Å². The van der Waals surface area contributed by atoms with E-state index < -0.39 is 5.60 Å². The van der Waals surface area contributed by atoms with Gasteiger partial charge in [0.25, 0.3) is 0 Å². The molecule has 6 nitrogen and oxygen atoms in total. The number of rotatable bonds is 5. The van der Waals surface area contributed by atoms with Crippen LogP contribution < -0.4 is 0 Å². The number of aryl methyl sites for hydroxylation is 2. The number of carbonyl (C=O) groups is 1. The van der Waals surface area contributed by atoms with Gasteiger partial charge in [-0.05, 0) is 52.6 Å². The minimum Gasteiger partial charge on any atom is -0.387 e. The standard InChI is InChI=1S/C17H27N3O3/c1-13-15(14(2)23-18-13)5-6-16(21)20-10-7-17(22,12-20)11-19-8-3-4-9-19/h22H,3-12H2,1-2H3/t17-/m0/s1. The highest BCUT2D eigenvalue weighted by atomic mass is 16.5. The van der Waals surface area contributed by atoms with Gasteiger partial charge in [-0.2, -0.15) is 0 Å². The number of likely N-dealkylation sites (tertiary alicyclic amines) is 2. The predicted molar refractivity (Wildman–Crippen MR) is 86.1 cm³/mol. The van der Waals surface area contributed by atoms with Crippen LogP contribution in [0.15, 0.2) is 4.52 Å². The zero-order valence-corrected chi connectivity index (χ0v) is 14.2. The third-order valence-electron chi connectivity index (χ3n) is 5.17. The van der Waals surface area contributed by atoms with Crippen molar-refractivity contribution >= 4 is 5.91 Å². The van der Waals surface area contributed by atoms with Crippen molar-refractivity contribution in [3.63, 3.8) is 0 Å². The number of carbonyl (C=O) groups excluding carboxylic acids is 1. The number of hydrogen-bond donors (Lipinski definition) is 1. The Morgan fingerprint density at radius 3 is 2.70 bits per heavy atom. The third-order valence-corrected chi connectivity index (χ3v) is 5.17. The van der Waals surface area contributed by atoms with E-state index in [0.29, 0.717) is 38.9 Å². The van der Waals surface area contributed by atoms with Crippen LogP contribution in [0.2, 0.25) is 0 Å². The van der Waals surface area contributed by atoms with E-state index >= 15 is 0 Å². The fourth-order valence-electron chi connectivity index (χ4n) is 3.80. The van der Waals surface area contributed by atoms with Gasteiger partial charge >= 0.3 is 0 Å². The normalized spacial score (nSPS) is 25.4. The molecule has 2 aliphatic heterocycles. The van der Waals surface area contributed by atoms with Gasteiger partial charge in [-0.1, -0.05) is 5.16 Å². The molecule has 0 saturated carbocycles. The second kappa shape index (κ2) is 6.61. The first-order chi connectivity index (χ1) is 11.0. The number of amides is 1. The number of hydrogen-bond acceptors (Lipinski definition) is 5. The second-order valence-electron chi connectivity index (χ2n) is 7.08. The van der Waals surface area contributed by atoms with Gasteiger partial charge in [0, 0.05) is 25.1 Å². The number of aliphatic hydroxyl groups is 1. The van der Waals surface area contributed by atoms with Gasteiger partial charge in [-0.3, -0.25) is 4.79 Å². The lowest BCUT2D eigenvalue weighted by Crippen LogP contribution is -2.45. The fourth-order valence-corrected chi connectivity index (χ4v) is 3.80. The minimum atomic E-state index is -0.733. The molecule has 0 bridgehead atoms. The summed E-state index contributed by atoms with van der Waals surface area (Å²) in [6.07, 6.45) is 4.22. The molecule has 2 saturated heterocycles. The van der Waals surface area contributed by atoms with Crippen molar-refractivity contribution in [2.75, 3.05) is 32.7 Å². The van der Waals surface area contributed by atoms with Gasteiger partial charge in [0.05, 0.1) is 17.8 Å². The number of nitrogens with zero attached hydrogens (tertiary/aromatic N) is 3. The van der Waals surface area contributed by atoms with Crippen LogP contribution in [0.1, 0.15) is 42.7 Å². The molecule has 1 aromatic rings. The maximum Gasteiger partial charge on any atom is 0.223 e. The van der Waals surface area contributed by atoms with Gasteiger partial charge < -0.3 is 19.4 Å². The van der Waals surface area contributed by atoms with Gasteiger partial charge in [-0.25, -0.2) is 0 Å². The monoisotopic (exact) mass is 321 g/mol. The maximum absolute atomic E-state index is 12.4. The highest BCUT2D eigenvalue weighted by Gasteiger charge is 2.39. The zero-order chi connectivity index (χ0) is 16.4. The summed E-state index contributed by atoms with van der Waals surface area (Å²) < 4.78 is 5.14. The van der Waals surface area contributed by atoms with Crippen LogP contribution in [-0.4, -0.2) is 64.3 Å². The lowest BCUT2D eigenvalue weighted by molar-refractivity contribution is -0.131. The van der Waals surface area contributed by atoms with Gasteiger partial charge in [0.15, 0.2) is 0 Å².